The van der Waals surface area contributed by atoms with Crippen LogP contribution in [-0.4, -0.2) is 21.7 Å². The Hall–Kier alpha value is -2.08. The molecule has 0 saturated heterocycles. The van der Waals surface area contributed by atoms with Gasteiger partial charge in [-0.2, -0.15) is 0 Å². The van der Waals surface area contributed by atoms with E-state index >= 15 is 0 Å². The van der Waals surface area contributed by atoms with Gasteiger partial charge >= 0.3 is 6.09 Å². The van der Waals surface area contributed by atoms with Gasteiger partial charge in [-0.25, -0.2) is 9.78 Å². The van der Waals surface area contributed by atoms with Crippen molar-refractivity contribution < 1.29 is 9.53 Å². The highest BCUT2D eigenvalue weighted by molar-refractivity contribution is 5.86. The third-order valence-electron chi connectivity index (χ3n) is 2.40. The van der Waals surface area contributed by atoms with Crippen LogP contribution in [0.1, 0.15) is 26.3 Å². The lowest BCUT2D eigenvalue weighted by atomic mass is 10.2. The number of benzene rings is 1. The molecule has 0 fully saturated rings. The summed E-state index contributed by atoms with van der Waals surface area (Å²) in [7, 11) is 0. The van der Waals surface area contributed by atoms with Crippen molar-refractivity contribution in [3.05, 3.63) is 23.8 Å². The van der Waals surface area contributed by atoms with E-state index in [4.69, 9.17) is 10.5 Å². The number of carbonyl (C=O) groups excluding carboxylic acids is 1. The Morgan fingerprint density at radius 3 is 2.84 bits per heavy atom. The Bertz CT molecular complexity index is 598. The maximum Gasteiger partial charge on any atom is 0.414 e. The molecule has 6 nitrogen and oxygen atoms in total. The van der Waals surface area contributed by atoms with Crippen molar-refractivity contribution in [2.75, 3.05) is 5.32 Å². The monoisotopic (exact) mass is 262 g/mol. The summed E-state index contributed by atoms with van der Waals surface area (Å²) in [6.45, 7) is 5.87. The maximum absolute atomic E-state index is 11.6. The average molecular weight is 262 g/mol. The molecule has 0 aliphatic carbocycles. The molecule has 0 saturated carbocycles. The number of rotatable bonds is 2. The van der Waals surface area contributed by atoms with E-state index in [-0.39, 0.29) is 0 Å². The minimum Gasteiger partial charge on any atom is -0.444 e. The van der Waals surface area contributed by atoms with Crippen molar-refractivity contribution >= 4 is 23.1 Å². The summed E-state index contributed by atoms with van der Waals surface area (Å²) in [6, 6.07) is 5.68. The highest BCUT2D eigenvalue weighted by Gasteiger charge is 2.17. The van der Waals surface area contributed by atoms with Crippen LogP contribution in [0.4, 0.5) is 10.7 Å². The van der Waals surface area contributed by atoms with E-state index in [1.807, 2.05) is 18.2 Å². The maximum atomic E-state index is 11.6. The molecular weight excluding hydrogens is 244 g/mol. The summed E-state index contributed by atoms with van der Waals surface area (Å²) in [5, 5.41) is 2.57. The first-order valence-electron chi connectivity index (χ1n) is 6.06. The van der Waals surface area contributed by atoms with E-state index in [0.717, 1.165) is 16.6 Å². The lowest BCUT2D eigenvalue weighted by Gasteiger charge is -2.18. The number of H-pyrrole nitrogens is 1. The Kier molecular flexibility index (Phi) is 3.44. The van der Waals surface area contributed by atoms with Crippen molar-refractivity contribution in [2.24, 2.45) is 5.73 Å². The number of aromatic amines is 1. The first kappa shape index (κ1) is 13.4. The number of nitrogens with two attached hydrogens (primary N) is 1. The van der Waals surface area contributed by atoms with Gasteiger partial charge in [0.15, 0.2) is 0 Å². The lowest BCUT2D eigenvalue weighted by Crippen LogP contribution is -2.27. The topological polar surface area (TPSA) is 93.0 Å². The molecule has 4 N–H and O–H groups in total. The molecule has 2 aromatic rings. The molecule has 0 aliphatic heterocycles. The zero-order chi connectivity index (χ0) is 14.0. The van der Waals surface area contributed by atoms with Gasteiger partial charge in [-0.1, -0.05) is 6.07 Å². The van der Waals surface area contributed by atoms with Crippen molar-refractivity contribution in [1.29, 1.82) is 0 Å². The average Bonchev–Trinajstić information content (AvgIpc) is 2.66. The number of imidazole rings is 1. The third-order valence-corrected chi connectivity index (χ3v) is 2.40. The summed E-state index contributed by atoms with van der Waals surface area (Å²) in [5.41, 5.74) is 7.61. The van der Waals surface area contributed by atoms with Gasteiger partial charge in [0.25, 0.3) is 0 Å². The standard InChI is InChI=1S/C13H18N4O2/c1-13(2,3)19-12(18)17-11-15-9-5-4-8(7-14)6-10(9)16-11/h4-6H,7,14H2,1-3H3,(H2,15,16,17,18). The number of ether oxygens (including phenoxy) is 1. The minimum absolute atomic E-state index is 0.360. The highest BCUT2D eigenvalue weighted by Crippen LogP contribution is 2.16. The second kappa shape index (κ2) is 4.89. The number of carbonyl (C=O) groups is 1. The molecule has 0 bridgehead atoms. The van der Waals surface area contributed by atoms with Gasteiger partial charge in [0.1, 0.15) is 5.60 Å². The summed E-state index contributed by atoms with van der Waals surface area (Å²) in [6.07, 6.45) is -0.536. The van der Waals surface area contributed by atoms with E-state index in [2.05, 4.69) is 15.3 Å². The fourth-order valence-corrected chi connectivity index (χ4v) is 1.64. The van der Waals surface area contributed by atoms with Crippen molar-refractivity contribution in [3.8, 4) is 0 Å². The van der Waals surface area contributed by atoms with Crippen LogP contribution in [0, 0.1) is 0 Å². The van der Waals surface area contributed by atoms with Crippen LogP contribution in [0.3, 0.4) is 0 Å². The summed E-state index contributed by atoms with van der Waals surface area (Å²) in [4.78, 5) is 18.9. The van der Waals surface area contributed by atoms with Crippen LogP contribution in [0.15, 0.2) is 18.2 Å². The number of anilines is 1. The molecular formula is C13H18N4O2. The number of nitrogens with zero attached hydrogens (tertiary/aromatic N) is 1. The molecule has 6 heteroatoms. The molecule has 0 radical (unpaired) electrons. The molecule has 1 aromatic heterocycles. The van der Waals surface area contributed by atoms with Crippen LogP contribution in [0.25, 0.3) is 11.0 Å². The van der Waals surface area contributed by atoms with Gasteiger partial charge in [0, 0.05) is 6.54 Å². The fourth-order valence-electron chi connectivity index (χ4n) is 1.64. The Labute approximate surface area is 111 Å². The first-order chi connectivity index (χ1) is 8.87. The second-order valence-electron chi connectivity index (χ2n) is 5.27. The van der Waals surface area contributed by atoms with Gasteiger partial charge in [0.05, 0.1) is 11.0 Å². The number of hydrogen-bond donors (Lipinski definition) is 3. The molecule has 1 aromatic carbocycles. The van der Waals surface area contributed by atoms with Crippen LogP contribution in [0.5, 0.6) is 0 Å². The van der Waals surface area contributed by atoms with Gasteiger partial charge in [-0.15, -0.1) is 0 Å². The van der Waals surface area contributed by atoms with Crippen LogP contribution in [0.2, 0.25) is 0 Å². The van der Waals surface area contributed by atoms with Crippen molar-refractivity contribution in [1.82, 2.24) is 9.97 Å². The zero-order valence-corrected chi connectivity index (χ0v) is 11.3. The van der Waals surface area contributed by atoms with E-state index in [0.29, 0.717) is 12.5 Å². The molecule has 0 atom stereocenters. The molecule has 102 valence electrons. The number of fused-ring (bicyclic) bond motifs is 1. The van der Waals surface area contributed by atoms with Crippen LogP contribution < -0.4 is 11.1 Å². The molecule has 1 amide bonds. The first-order valence-corrected chi connectivity index (χ1v) is 6.06. The van der Waals surface area contributed by atoms with Gasteiger partial charge in [-0.05, 0) is 38.5 Å². The van der Waals surface area contributed by atoms with E-state index in [1.54, 1.807) is 20.8 Å². The smallest absolute Gasteiger partial charge is 0.414 e. The molecule has 0 aliphatic rings. The number of hydrogen-bond acceptors (Lipinski definition) is 4. The second-order valence-corrected chi connectivity index (χ2v) is 5.27. The van der Waals surface area contributed by atoms with E-state index in [1.165, 1.54) is 0 Å². The summed E-state index contributed by atoms with van der Waals surface area (Å²) < 4.78 is 5.15. The summed E-state index contributed by atoms with van der Waals surface area (Å²) in [5.74, 6) is 0.360. The Balaban J connectivity index is 2.15. The quantitative estimate of drug-likeness (QED) is 0.774. The number of amides is 1. The van der Waals surface area contributed by atoms with Gasteiger partial charge < -0.3 is 15.5 Å². The largest absolute Gasteiger partial charge is 0.444 e. The predicted octanol–water partition coefficient (Wildman–Crippen LogP) is 2.37. The molecule has 19 heavy (non-hydrogen) atoms. The normalized spacial score (nSPS) is 11.6. The minimum atomic E-state index is -0.539. The highest BCUT2D eigenvalue weighted by atomic mass is 16.6. The number of aromatic nitrogens is 2. The molecule has 0 unspecified atom stereocenters. The summed E-state index contributed by atoms with van der Waals surface area (Å²) >= 11 is 0. The van der Waals surface area contributed by atoms with Crippen LogP contribution >= 0.6 is 0 Å². The van der Waals surface area contributed by atoms with Crippen molar-refractivity contribution in [2.45, 2.75) is 32.9 Å². The van der Waals surface area contributed by atoms with Gasteiger partial charge in [0.2, 0.25) is 5.95 Å². The number of nitrogens with one attached hydrogen (secondary N) is 2. The Morgan fingerprint density at radius 1 is 1.47 bits per heavy atom. The zero-order valence-electron chi connectivity index (χ0n) is 11.3. The van der Waals surface area contributed by atoms with Crippen LogP contribution in [-0.2, 0) is 11.3 Å². The fraction of sp³-hybridized carbons (Fsp3) is 0.385. The molecule has 0 spiro atoms. The lowest BCUT2D eigenvalue weighted by molar-refractivity contribution is 0.0635. The predicted molar refractivity (Wildman–Crippen MR) is 73.8 cm³/mol. The molecule has 1 heterocycles. The molecule has 2 rings (SSSR count). The van der Waals surface area contributed by atoms with E-state index < -0.39 is 11.7 Å². The van der Waals surface area contributed by atoms with Gasteiger partial charge in [-0.3, -0.25) is 5.32 Å². The Morgan fingerprint density at radius 2 is 2.21 bits per heavy atom. The van der Waals surface area contributed by atoms with Crippen molar-refractivity contribution in [3.63, 3.8) is 0 Å². The SMILES string of the molecule is CC(C)(C)OC(=O)Nc1nc2cc(CN)ccc2[nH]1. The third kappa shape index (κ3) is 3.45. The van der Waals surface area contributed by atoms with E-state index in [9.17, 15) is 4.79 Å².